The summed E-state index contributed by atoms with van der Waals surface area (Å²) >= 11 is 7.51. The van der Waals surface area contributed by atoms with Gasteiger partial charge in [-0.3, -0.25) is 9.69 Å². The van der Waals surface area contributed by atoms with E-state index in [1.807, 2.05) is 13.1 Å². The van der Waals surface area contributed by atoms with E-state index in [-0.39, 0.29) is 5.56 Å². The summed E-state index contributed by atoms with van der Waals surface area (Å²) in [6.45, 7) is 4.90. The van der Waals surface area contributed by atoms with Gasteiger partial charge in [-0.1, -0.05) is 29.8 Å². The van der Waals surface area contributed by atoms with Crippen LogP contribution in [0.2, 0.25) is 4.47 Å². The number of rotatable bonds is 4. The van der Waals surface area contributed by atoms with Crippen molar-refractivity contribution in [2.45, 2.75) is 33.0 Å². The Morgan fingerprint density at radius 1 is 1.28 bits per heavy atom. The van der Waals surface area contributed by atoms with Crippen LogP contribution in [0, 0.1) is 6.92 Å². The molecular weight excluding hydrogens is 406 g/mol. The van der Waals surface area contributed by atoms with Gasteiger partial charge < -0.3 is 9.55 Å². The summed E-state index contributed by atoms with van der Waals surface area (Å²) in [6, 6.07) is 8.44. The zero-order valence-electron chi connectivity index (χ0n) is 16.0. The molecule has 0 atom stereocenters. The molecule has 1 N–H and O–H groups in total. The Bertz CT molecular complexity index is 1260. The molecule has 148 valence electrons. The first-order valence-corrected chi connectivity index (χ1v) is 10.7. The number of halogens is 1. The van der Waals surface area contributed by atoms with E-state index in [9.17, 15) is 4.79 Å². The van der Waals surface area contributed by atoms with Crippen molar-refractivity contribution >= 4 is 33.8 Å². The Kier molecular flexibility index (Phi) is 4.73. The van der Waals surface area contributed by atoms with Crippen LogP contribution in [0.25, 0.3) is 10.9 Å². The van der Waals surface area contributed by atoms with Crippen molar-refractivity contribution in [2.24, 2.45) is 0 Å². The maximum absolute atomic E-state index is 12.4. The van der Waals surface area contributed by atoms with Gasteiger partial charge in [0.15, 0.2) is 4.47 Å². The van der Waals surface area contributed by atoms with E-state index >= 15 is 0 Å². The third-order valence-corrected chi connectivity index (χ3v) is 6.48. The maximum Gasteiger partial charge on any atom is 0.255 e. The van der Waals surface area contributed by atoms with Crippen LogP contribution in [0.15, 0.2) is 41.5 Å². The second kappa shape index (κ2) is 7.40. The minimum absolute atomic E-state index is 0.0123. The lowest BCUT2D eigenvalue weighted by Crippen LogP contribution is -2.35. The molecule has 5 rings (SSSR count). The van der Waals surface area contributed by atoms with Gasteiger partial charge >= 0.3 is 0 Å². The monoisotopic (exact) mass is 425 g/mol. The number of fused-ring (bicyclic) bond motifs is 2. The first-order chi connectivity index (χ1) is 14.1. The fourth-order valence-electron chi connectivity index (χ4n) is 4.09. The zero-order chi connectivity index (χ0) is 20.0. The number of aromatic amines is 1. The minimum Gasteiger partial charge on any atom is -0.342 e. The van der Waals surface area contributed by atoms with E-state index in [1.54, 1.807) is 0 Å². The van der Waals surface area contributed by atoms with E-state index in [4.69, 9.17) is 11.6 Å². The molecule has 0 amide bonds. The highest BCUT2D eigenvalue weighted by Crippen LogP contribution is 2.27. The van der Waals surface area contributed by atoms with Crippen LogP contribution in [0.3, 0.4) is 0 Å². The minimum atomic E-state index is -0.0123. The molecule has 0 saturated heterocycles. The van der Waals surface area contributed by atoms with Gasteiger partial charge in [-0.2, -0.15) is 0 Å². The summed E-state index contributed by atoms with van der Waals surface area (Å²) in [5.74, 6) is 0.688. The molecule has 0 unspecified atom stereocenters. The maximum atomic E-state index is 12.4. The molecule has 0 saturated carbocycles. The number of thiazole rings is 1. The van der Waals surface area contributed by atoms with Gasteiger partial charge in [0.05, 0.1) is 17.8 Å². The van der Waals surface area contributed by atoms with Gasteiger partial charge in [-0.05, 0) is 18.6 Å². The van der Waals surface area contributed by atoms with E-state index in [2.05, 4.69) is 54.9 Å². The predicted molar refractivity (Wildman–Crippen MR) is 116 cm³/mol. The van der Waals surface area contributed by atoms with E-state index in [0.717, 1.165) is 42.2 Å². The van der Waals surface area contributed by atoms with E-state index < -0.39 is 0 Å². The Balaban J connectivity index is 1.44. The van der Waals surface area contributed by atoms with Gasteiger partial charge in [0.25, 0.3) is 5.56 Å². The van der Waals surface area contributed by atoms with Gasteiger partial charge in [-0.25, -0.2) is 9.97 Å². The van der Waals surface area contributed by atoms with Crippen molar-refractivity contribution in [3.63, 3.8) is 0 Å². The molecule has 3 aromatic heterocycles. The average molecular weight is 426 g/mol. The van der Waals surface area contributed by atoms with E-state index in [0.29, 0.717) is 16.8 Å². The molecule has 0 bridgehead atoms. The normalized spacial score (nSPS) is 14.4. The summed E-state index contributed by atoms with van der Waals surface area (Å²) in [4.78, 5) is 27.3. The topological polar surface area (TPSA) is 66.8 Å². The van der Waals surface area contributed by atoms with Gasteiger partial charge in [0.1, 0.15) is 5.82 Å². The number of nitrogens with one attached hydrogen (secondary N) is 1. The highest BCUT2D eigenvalue weighted by molar-refractivity contribution is 7.15. The molecule has 4 aromatic rings. The highest BCUT2D eigenvalue weighted by Gasteiger charge is 2.22. The molecule has 1 aliphatic rings. The summed E-state index contributed by atoms with van der Waals surface area (Å²) in [7, 11) is 0. The molecule has 0 radical (unpaired) electrons. The lowest BCUT2D eigenvalue weighted by Gasteiger charge is -2.27. The standard InChI is InChI=1S/C21H20ClN5OS/c1-13-24-18-6-7-26(12-17(18)20(28)25-13)9-14-10-27(11-15-8-23-21(22)29-15)19-5-3-2-4-16(14)19/h2-5,8,10H,6-7,9,11-12H2,1H3,(H,24,25,28). The van der Waals surface area contributed by atoms with Gasteiger partial charge in [-0.15, -0.1) is 11.3 Å². The molecule has 0 spiro atoms. The van der Waals surface area contributed by atoms with Crippen LogP contribution in [0.1, 0.15) is 27.5 Å². The summed E-state index contributed by atoms with van der Waals surface area (Å²) in [5, 5.41) is 1.24. The summed E-state index contributed by atoms with van der Waals surface area (Å²) < 4.78 is 2.82. The van der Waals surface area contributed by atoms with Crippen LogP contribution in [0.4, 0.5) is 0 Å². The molecule has 1 aliphatic heterocycles. The first-order valence-electron chi connectivity index (χ1n) is 9.55. The second-order valence-electron chi connectivity index (χ2n) is 7.42. The summed E-state index contributed by atoms with van der Waals surface area (Å²) in [5.41, 5.74) is 4.18. The van der Waals surface area contributed by atoms with Crippen molar-refractivity contribution in [2.75, 3.05) is 6.54 Å². The average Bonchev–Trinajstić information content (AvgIpc) is 3.26. The lowest BCUT2D eigenvalue weighted by molar-refractivity contribution is 0.242. The molecule has 0 fully saturated rings. The zero-order valence-corrected chi connectivity index (χ0v) is 17.6. The Hall–Kier alpha value is -2.48. The smallest absolute Gasteiger partial charge is 0.255 e. The van der Waals surface area contributed by atoms with Crippen LogP contribution >= 0.6 is 22.9 Å². The van der Waals surface area contributed by atoms with Gasteiger partial charge in [0, 0.05) is 54.2 Å². The van der Waals surface area contributed by atoms with Crippen molar-refractivity contribution in [1.29, 1.82) is 0 Å². The van der Waals surface area contributed by atoms with Crippen LogP contribution < -0.4 is 5.56 Å². The Morgan fingerprint density at radius 3 is 2.97 bits per heavy atom. The third kappa shape index (κ3) is 3.61. The van der Waals surface area contributed by atoms with Crippen molar-refractivity contribution in [1.82, 2.24) is 24.4 Å². The molecule has 6 nitrogen and oxygen atoms in total. The molecular formula is C21H20ClN5OS. The molecule has 0 aliphatic carbocycles. The van der Waals surface area contributed by atoms with Crippen LogP contribution in [-0.4, -0.2) is 31.0 Å². The van der Waals surface area contributed by atoms with Crippen LogP contribution in [-0.2, 0) is 26.1 Å². The number of hydrogen-bond acceptors (Lipinski definition) is 5. The van der Waals surface area contributed by atoms with Crippen molar-refractivity contribution in [3.8, 4) is 0 Å². The SMILES string of the molecule is Cc1nc2c(c(=O)[nH]1)CN(Cc1cn(Cc3cnc(Cl)s3)c3ccccc13)CC2. The molecule has 29 heavy (non-hydrogen) atoms. The fourth-order valence-corrected chi connectivity index (χ4v) is 5.06. The third-order valence-electron chi connectivity index (χ3n) is 5.38. The number of aromatic nitrogens is 4. The quantitative estimate of drug-likeness (QED) is 0.540. The lowest BCUT2D eigenvalue weighted by atomic mass is 10.1. The largest absolute Gasteiger partial charge is 0.342 e. The summed E-state index contributed by atoms with van der Waals surface area (Å²) in [6.07, 6.45) is 4.85. The van der Waals surface area contributed by atoms with E-state index in [1.165, 1.54) is 27.8 Å². The Labute approximate surface area is 176 Å². The highest BCUT2D eigenvalue weighted by atomic mass is 35.5. The van der Waals surface area contributed by atoms with Crippen LogP contribution in [0.5, 0.6) is 0 Å². The van der Waals surface area contributed by atoms with Crippen molar-refractivity contribution < 1.29 is 0 Å². The number of hydrogen-bond donors (Lipinski definition) is 1. The predicted octanol–water partition coefficient (Wildman–Crippen LogP) is 3.75. The molecule has 4 heterocycles. The number of aryl methyl sites for hydroxylation is 1. The fraction of sp³-hybridized carbons (Fsp3) is 0.286. The number of nitrogens with zero attached hydrogens (tertiary/aromatic N) is 4. The molecule has 8 heteroatoms. The number of benzene rings is 1. The van der Waals surface area contributed by atoms with Gasteiger partial charge in [0.2, 0.25) is 0 Å². The Morgan fingerprint density at radius 2 is 2.14 bits per heavy atom. The van der Waals surface area contributed by atoms with Crippen molar-refractivity contribution in [3.05, 3.63) is 79.0 Å². The first kappa shape index (κ1) is 18.5. The number of para-hydroxylation sites is 1. The number of H-pyrrole nitrogens is 1. The second-order valence-corrected chi connectivity index (χ2v) is 9.11. The molecule has 1 aromatic carbocycles.